The van der Waals surface area contributed by atoms with E-state index < -0.39 is 10.1 Å². The maximum absolute atomic E-state index is 12.6. The summed E-state index contributed by atoms with van der Waals surface area (Å²) in [6.45, 7) is 3.87. The average molecular weight is 348 g/mol. The minimum absolute atomic E-state index is 0.121. The third kappa shape index (κ3) is 3.04. The zero-order valence-corrected chi connectivity index (χ0v) is 14.6. The molecule has 0 saturated heterocycles. The Labute approximate surface area is 139 Å². The molecule has 0 bridgehead atoms. The Hall–Kier alpha value is -2.05. The van der Waals surface area contributed by atoms with Gasteiger partial charge in [0.05, 0.1) is 11.8 Å². The highest BCUT2D eigenvalue weighted by Crippen LogP contribution is 2.41. The fourth-order valence-corrected chi connectivity index (χ4v) is 4.28. The summed E-state index contributed by atoms with van der Waals surface area (Å²) < 4.78 is 36.6. The smallest absolute Gasteiger partial charge is 0.339 e. The molecular weight excluding hydrogens is 332 g/mol. The lowest BCUT2D eigenvalue weighted by Crippen LogP contribution is -2.10. The first-order valence-corrected chi connectivity index (χ1v) is 9.21. The van der Waals surface area contributed by atoms with Gasteiger partial charge in [0.2, 0.25) is 5.75 Å². The Morgan fingerprint density at radius 3 is 2.35 bits per heavy atom. The van der Waals surface area contributed by atoms with E-state index in [9.17, 15) is 8.42 Å². The van der Waals surface area contributed by atoms with E-state index in [4.69, 9.17) is 8.92 Å². The normalized spacial score (nSPS) is 11.6. The molecular formula is C17H16O4S2. The molecule has 0 saturated carbocycles. The molecule has 0 fully saturated rings. The Morgan fingerprint density at radius 2 is 1.70 bits per heavy atom. The Balaban J connectivity index is 2.11. The van der Waals surface area contributed by atoms with Gasteiger partial charge in [-0.05, 0) is 49.6 Å². The van der Waals surface area contributed by atoms with Gasteiger partial charge >= 0.3 is 10.1 Å². The molecule has 0 radical (unpaired) electrons. The summed E-state index contributed by atoms with van der Waals surface area (Å²) >= 11 is 1.48. The van der Waals surface area contributed by atoms with Crippen LogP contribution in [-0.4, -0.2) is 15.5 Å². The van der Waals surface area contributed by atoms with Gasteiger partial charge < -0.3 is 8.92 Å². The van der Waals surface area contributed by atoms with E-state index in [2.05, 4.69) is 0 Å². The standard InChI is InChI=1S/C17H16O4S2/c1-11-4-7-14(8-5-11)23(18,19)21-16-15(20-3)9-6-13-10-12(2)22-17(13)16/h4-10H,1-3H3. The van der Waals surface area contributed by atoms with Crippen molar-refractivity contribution in [2.45, 2.75) is 18.7 Å². The molecule has 1 heterocycles. The highest BCUT2D eigenvalue weighted by atomic mass is 32.2. The van der Waals surface area contributed by atoms with Crippen molar-refractivity contribution in [3.8, 4) is 11.5 Å². The largest absolute Gasteiger partial charge is 0.493 e. The second kappa shape index (κ2) is 5.86. The van der Waals surface area contributed by atoms with Crippen molar-refractivity contribution < 1.29 is 17.3 Å². The summed E-state index contributed by atoms with van der Waals surface area (Å²) in [6, 6.07) is 12.2. The number of benzene rings is 2. The Morgan fingerprint density at radius 1 is 1.00 bits per heavy atom. The monoisotopic (exact) mass is 348 g/mol. The van der Waals surface area contributed by atoms with E-state index >= 15 is 0 Å². The van der Waals surface area contributed by atoms with E-state index in [0.717, 1.165) is 20.5 Å². The molecule has 0 amide bonds. The number of fused-ring (bicyclic) bond motifs is 1. The molecule has 0 aliphatic rings. The lowest BCUT2D eigenvalue weighted by atomic mass is 10.2. The minimum atomic E-state index is -3.92. The van der Waals surface area contributed by atoms with Gasteiger partial charge in [0.25, 0.3) is 0 Å². The van der Waals surface area contributed by atoms with Gasteiger partial charge in [-0.3, -0.25) is 0 Å². The van der Waals surface area contributed by atoms with E-state index in [1.807, 2.05) is 26.0 Å². The predicted octanol–water partition coefficient (Wildman–Crippen LogP) is 4.29. The van der Waals surface area contributed by atoms with Crippen LogP contribution in [0.4, 0.5) is 0 Å². The van der Waals surface area contributed by atoms with Gasteiger partial charge in [0.1, 0.15) is 4.90 Å². The number of ether oxygens (including phenoxy) is 1. The zero-order valence-electron chi connectivity index (χ0n) is 13.0. The summed E-state index contributed by atoms with van der Waals surface area (Å²) in [4.78, 5) is 1.20. The van der Waals surface area contributed by atoms with Crippen molar-refractivity contribution in [2.75, 3.05) is 7.11 Å². The van der Waals surface area contributed by atoms with E-state index in [1.165, 1.54) is 30.6 Å². The van der Waals surface area contributed by atoms with Crippen LogP contribution in [0.5, 0.6) is 11.5 Å². The molecule has 4 nitrogen and oxygen atoms in total. The number of aryl methyl sites for hydroxylation is 2. The molecule has 23 heavy (non-hydrogen) atoms. The second-order valence-corrected chi connectivity index (χ2v) is 8.03. The SMILES string of the molecule is COc1ccc2cc(C)sc2c1OS(=O)(=O)c1ccc(C)cc1. The van der Waals surface area contributed by atoms with Gasteiger partial charge in [-0.1, -0.05) is 17.7 Å². The summed E-state index contributed by atoms with van der Waals surface area (Å²) in [5.74, 6) is 0.638. The van der Waals surface area contributed by atoms with E-state index in [-0.39, 0.29) is 10.6 Å². The quantitative estimate of drug-likeness (QED) is 0.660. The number of thiophene rings is 1. The van der Waals surface area contributed by atoms with Crippen LogP contribution in [0.25, 0.3) is 10.1 Å². The molecule has 0 unspecified atom stereocenters. The molecule has 0 aliphatic carbocycles. The van der Waals surface area contributed by atoms with Gasteiger partial charge in [-0.2, -0.15) is 8.42 Å². The Kier molecular flexibility index (Phi) is 4.04. The predicted molar refractivity (Wildman–Crippen MR) is 92.1 cm³/mol. The van der Waals surface area contributed by atoms with Crippen molar-refractivity contribution in [1.29, 1.82) is 0 Å². The third-order valence-corrected chi connectivity index (χ3v) is 5.75. The maximum Gasteiger partial charge on any atom is 0.339 e. The number of hydrogen-bond acceptors (Lipinski definition) is 5. The summed E-state index contributed by atoms with van der Waals surface area (Å²) in [6.07, 6.45) is 0. The molecule has 3 aromatic rings. The first kappa shape index (κ1) is 15.8. The fourth-order valence-electron chi connectivity index (χ4n) is 2.29. The van der Waals surface area contributed by atoms with Gasteiger partial charge in [-0.25, -0.2) is 0 Å². The fraction of sp³-hybridized carbons (Fsp3) is 0.176. The summed E-state index contributed by atoms with van der Waals surface area (Å²) in [5.41, 5.74) is 0.984. The van der Waals surface area contributed by atoms with Crippen LogP contribution in [0.15, 0.2) is 47.4 Å². The van der Waals surface area contributed by atoms with Crippen molar-refractivity contribution in [1.82, 2.24) is 0 Å². The van der Waals surface area contributed by atoms with Crippen LogP contribution in [0.1, 0.15) is 10.4 Å². The van der Waals surface area contributed by atoms with Gasteiger partial charge in [-0.15, -0.1) is 11.3 Å². The highest BCUT2D eigenvalue weighted by molar-refractivity contribution is 7.87. The van der Waals surface area contributed by atoms with Crippen LogP contribution in [-0.2, 0) is 10.1 Å². The molecule has 6 heteroatoms. The van der Waals surface area contributed by atoms with Crippen LogP contribution in [0.3, 0.4) is 0 Å². The van der Waals surface area contributed by atoms with Crippen molar-refractivity contribution in [2.24, 2.45) is 0 Å². The highest BCUT2D eigenvalue weighted by Gasteiger charge is 2.22. The van der Waals surface area contributed by atoms with Crippen molar-refractivity contribution >= 4 is 31.5 Å². The molecule has 0 aliphatic heterocycles. The molecule has 3 rings (SSSR count). The lowest BCUT2D eigenvalue weighted by Gasteiger charge is -2.11. The first-order valence-electron chi connectivity index (χ1n) is 6.99. The summed E-state index contributed by atoms with van der Waals surface area (Å²) in [5, 5.41) is 0.933. The molecule has 0 atom stereocenters. The van der Waals surface area contributed by atoms with E-state index in [0.29, 0.717) is 5.75 Å². The van der Waals surface area contributed by atoms with Crippen molar-refractivity contribution in [3.05, 3.63) is 52.9 Å². The lowest BCUT2D eigenvalue weighted by molar-refractivity contribution is 0.393. The minimum Gasteiger partial charge on any atom is -0.493 e. The van der Waals surface area contributed by atoms with E-state index in [1.54, 1.807) is 18.2 Å². The molecule has 2 aromatic carbocycles. The number of methoxy groups -OCH3 is 1. The van der Waals surface area contributed by atoms with Crippen LogP contribution in [0, 0.1) is 13.8 Å². The molecule has 1 aromatic heterocycles. The van der Waals surface area contributed by atoms with Crippen LogP contribution in [0.2, 0.25) is 0 Å². The third-order valence-electron chi connectivity index (χ3n) is 3.45. The molecule has 0 N–H and O–H groups in total. The Bertz CT molecular complexity index is 954. The average Bonchev–Trinajstić information content (AvgIpc) is 2.89. The van der Waals surface area contributed by atoms with Gasteiger partial charge in [0.15, 0.2) is 5.75 Å². The summed E-state index contributed by atoms with van der Waals surface area (Å²) in [7, 11) is -2.43. The number of hydrogen-bond donors (Lipinski definition) is 0. The van der Waals surface area contributed by atoms with Gasteiger partial charge in [0, 0.05) is 4.88 Å². The van der Waals surface area contributed by atoms with Crippen molar-refractivity contribution in [3.63, 3.8) is 0 Å². The number of rotatable bonds is 4. The molecule has 120 valence electrons. The van der Waals surface area contributed by atoms with Crippen LogP contribution < -0.4 is 8.92 Å². The topological polar surface area (TPSA) is 52.6 Å². The maximum atomic E-state index is 12.6. The molecule has 0 spiro atoms. The second-order valence-electron chi connectivity index (χ2n) is 5.22. The van der Waals surface area contributed by atoms with Crippen LogP contribution >= 0.6 is 11.3 Å². The zero-order chi connectivity index (χ0) is 16.6. The first-order chi connectivity index (χ1) is 10.9.